The van der Waals surface area contributed by atoms with E-state index < -0.39 is 10.4 Å². The minimum Gasteiger partial charge on any atom is -0.369 e. The zero-order valence-corrected chi connectivity index (χ0v) is 10.1. The molecule has 0 rings (SSSR count). The second-order valence-electron chi connectivity index (χ2n) is 3.09. The van der Waals surface area contributed by atoms with Gasteiger partial charge in [0, 0.05) is 6.54 Å². The minimum absolute atomic E-state index is 0.0542. The van der Waals surface area contributed by atoms with E-state index in [2.05, 4.69) is 6.92 Å². The molecule has 0 aliphatic heterocycles. The second-order valence-corrected chi connectivity index (χ2v) is 3.98. The summed E-state index contributed by atoms with van der Waals surface area (Å²) < 4.78 is 31.6. The predicted octanol–water partition coefficient (Wildman–Crippen LogP) is -0.0169. The number of nitrogens with zero attached hydrogens (tertiary/aromatic N) is 1. The van der Waals surface area contributed by atoms with Gasteiger partial charge in [0.2, 0.25) is 5.96 Å². The van der Waals surface area contributed by atoms with Crippen LogP contribution in [0.4, 0.5) is 0 Å². The molecule has 0 saturated heterocycles. The third-order valence-corrected chi connectivity index (χ3v) is 1.56. The summed E-state index contributed by atoms with van der Waals surface area (Å²) in [5, 5.41) is 8.23. The number of hydrazine groups is 1. The van der Waals surface area contributed by atoms with Crippen LogP contribution in [0, 0.1) is 5.41 Å². The van der Waals surface area contributed by atoms with Gasteiger partial charge in [0.05, 0.1) is 0 Å². The molecule has 0 fully saturated rings. The first-order chi connectivity index (χ1) is 7.18. The van der Waals surface area contributed by atoms with Gasteiger partial charge >= 0.3 is 10.4 Å². The molecule has 0 heterocycles. The molecule has 0 radical (unpaired) electrons. The number of nitrogens with two attached hydrogens (primary N) is 2. The first-order valence-corrected chi connectivity index (χ1v) is 6.14. The Morgan fingerprint density at radius 1 is 1.31 bits per heavy atom. The van der Waals surface area contributed by atoms with Crippen LogP contribution >= 0.6 is 0 Å². The van der Waals surface area contributed by atoms with Crippen LogP contribution in [0.3, 0.4) is 0 Å². The lowest BCUT2D eigenvalue weighted by Crippen LogP contribution is -2.42. The molecule has 7 N–H and O–H groups in total. The van der Waals surface area contributed by atoms with Crippen LogP contribution in [0.25, 0.3) is 0 Å². The summed E-state index contributed by atoms with van der Waals surface area (Å²) in [6.45, 7) is 2.85. The monoisotopic (exact) mass is 256 g/mol. The van der Waals surface area contributed by atoms with Gasteiger partial charge in [-0.05, 0) is 6.42 Å². The van der Waals surface area contributed by atoms with E-state index in [4.69, 9.17) is 34.5 Å². The lowest BCUT2D eigenvalue weighted by molar-refractivity contribution is 0.381. The Hall–Kier alpha value is -0.900. The second kappa shape index (κ2) is 9.33. The summed E-state index contributed by atoms with van der Waals surface area (Å²) in [6.07, 6.45) is 4.62. The topological polar surface area (TPSA) is 154 Å². The van der Waals surface area contributed by atoms with Crippen LogP contribution in [0.1, 0.15) is 32.6 Å². The van der Waals surface area contributed by atoms with E-state index in [-0.39, 0.29) is 5.96 Å². The summed E-state index contributed by atoms with van der Waals surface area (Å²) in [5.74, 6) is 5.33. The molecule has 0 atom stereocenters. The maximum Gasteiger partial charge on any atom is 0.394 e. The molecule has 0 bridgehead atoms. The highest BCUT2D eigenvalue weighted by Gasteiger charge is 1.97. The van der Waals surface area contributed by atoms with Gasteiger partial charge in [0.25, 0.3) is 0 Å². The molecule has 16 heavy (non-hydrogen) atoms. The summed E-state index contributed by atoms with van der Waals surface area (Å²) in [7, 11) is -4.67. The van der Waals surface area contributed by atoms with E-state index in [1.54, 1.807) is 0 Å². The maximum atomic E-state index is 8.74. The fourth-order valence-electron chi connectivity index (χ4n) is 0.829. The zero-order valence-electron chi connectivity index (χ0n) is 9.26. The minimum atomic E-state index is -4.67. The lowest BCUT2D eigenvalue weighted by Gasteiger charge is -2.14. The molecular formula is C7H20N4O4S. The summed E-state index contributed by atoms with van der Waals surface area (Å²) in [6, 6.07) is 0. The number of nitrogens with one attached hydrogen (secondary N) is 1. The predicted molar refractivity (Wildman–Crippen MR) is 61.1 cm³/mol. The highest BCUT2D eigenvalue weighted by Crippen LogP contribution is 1.98. The van der Waals surface area contributed by atoms with Crippen molar-refractivity contribution in [1.29, 1.82) is 5.41 Å². The fraction of sp³-hybridized carbons (Fsp3) is 0.857. The van der Waals surface area contributed by atoms with Crippen molar-refractivity contribution in [3.8, 4) is 0 Å². The van der Waals surface area contributed by atoms with Crippen LogP contribution in [-0.2, 0) is 10.4 Å². The fourth-order valence-corrected chi connectivity index (χ4v) is 0.829. The molecule has 0 amide bonds. The van der Waals surface area contributed by atoms with Crippen LogP contribution in [0.15, 0.2) is 0 Å². The summed E-state index contributed by atoms with van der Waals surface area (Å²) in [5.41, 5.74) is 5.13. The number of hydrogen-bond donors (Lipinski definition) is 5. The van der Waals surface area contributed by atoms with Crippen molar-refractivity contribution in [3.05, 3.63) is 0 Å². The van der Waals surface area contributed by atoms with Gasteiger partial charge in [-0.3, -0.25) is 19.5 Å². The van der Waals surface area contributed by atoms with Gasteiger partial charge in [0.1, 0.15) is 0 Å². The van der Waals surface area contributed by atoms with E-state index in [1.165, 1.54) is 17.9 Å². The normalized spacial score (nSPS) is 10.2. The molecule has 0 unspecified atom stereocenters. The average Bonchev–Trinajstić information content (AvgIpc) is 2.09. The van der Waals surface area contributed by atoms with Gasteiger partial charge < -0.3 is 5.73 Å². The highest BCUT2D eigenvalue weighted by molar-refractivity contribution is 7.79. The quantitative estimate of drug-likeness (QED) is 0.116. The molecule has 8 nitrogen and oxygen atoms in total. The first-order valence-electron chi connectivity index (χ1n) is 4.74. The average molecular weight is 256 g/mol. The third-order valence-electron chi connectivity index (χ3n) is 1.56. The Balaban J connectivity index is 0. The van der Waals surface area contributed by atoms with E-state index in [1.807, 2.05) is 0 Å². The Morgan fingerprint density at radius 3 is 2.06 bits per heavy atom. The number of rotatable bonds is 5. The molecular weight excluding hydrogens is 236 g/mol. The molecule has 0 saturated carbocycles. The maximum absolute atomic E-state index is 8.74. The zero-order chi connectivity index (χ0) is 13.2. The number of hydrogen-bond acceptors (Lipinski definition) is 4. The largest absolute Gasteiger partial charge is 0.394 e. The van der Waals surface area contributed by atoms with Crippen molar-refractivity contribution < 1.29 is 17.5 Å². The van der Waals surface area contributed by atoms with Gasteiger partial charge in [-0.25, -0.2) is 5.84 Å². The summed E-state index contributed by atoms with van der Waals surface area (Å²) in [4.78, 5) is 0. The number of guanidine groups is 1. The lowest BCUT2D eigenvalue weighted by atomic mass is 10.2. The first kappa shape index (κ1) is 17.5. The molecule has 0 aromatic rings. The highest BCUT2D eigenvalue weighted by atomic mass is 32.3. The van der Waals surface area contributed by atoms with Gasteiger partial charge in [-0.1, -0.05) is 26.2 Å². The Kier molecular flexibility index (Phi) is 10.2. The molecule has 98 valence electrons. The molecule has 0 aliphatic rings. The van der Waals surface area contributed by atoms with Crippen LogP contribution < -0.4 is 11.6 Å². The Labute approximate surface area is 95.7 Å². The molecule has 0 aliphatic carbocycles. The summed E-state index contributed by atoms with van der Waals surface area (Å²) >= 11 is 0. The Morgan fingerprint density at radius 2 is 1.75 bits per heavy atom. The standard InChI is InChI=1S/C7H18N4.H2O4S/c1-2-3-4-5-6-11(10)7(8)9;1-5(2,3)4/h2-6,10H2,1H3,(H3,8,9);(H2,1,2,3,4). The van der Waals surface area contributed by atoms with Gasteiger partial charge in [-0.15, -0.1) is 0 Å². The van der Waals surface area contributed by atoms with Crippen molar-refractivity contribution in [2.45, 2.75) is 32.6 Å². The molecule has 0 spiro atoms. The smallest absolute Gasteiger partial charge is 0.369 e. The third kappa shape index (κ3) is 23.2. The SMILES string of the molecule is CCCCCCN(N)C(=N)N.O=S(=O)(O)O. The van der Waals surface area contributed by atoms with Crippen molar-refractivity contribution in [2.75, 3.05) is 6.54 Å². The van der Waals surface area contributed by atoms with E-state index in [0.717, 1.165) is 12.8 Å². The van der Waals surface area contributed by atoms with Crippen molar-refractivity contribution >= 4 is 16.4 Å². The van der Waals surface area contributed by atoms with Crippen LogP contribution in [0.2, 0.25) is 0 Å². The van der Waals surface area contributed by atoms with E-state index >= 15 is 0 Å². The van der Waals surface area contributed by atoms with Crippen molar-refractivity contribution in [1.82, 2.24) is 5.01 Å². The number of unbranched alkanes of at least 4 members (excludes halogenated alkanes) is 3. The van der Waals surface area contributed by atoms with Crippen molar-refractivity contribution in [2.24, 2.45) is 11.6 Å². The van der Waals surface area contributed by atoms with E-state index in [0.29, 0.717) is 6.54 Å². The van der Waals surface area contributed by atoms with Gasteiger partial charge in [-0.2, -0.15) is 8.42 Å². The molecule has 0 aromatic carbocycles. The molecule has 0 aromatic heterocycles. The molecule has 9 heteroatoms. The van der Waals surface area contributed by atoms with Crippen LogP contribution in [0.5, 0.6) is 0 Å². The van der Waals surface area contributed by atoms with Crippen molar-refractivity contribution in [3.63, 3.8) is 0 Å². The Bertz CT molecular complexity index is 272. The van der Waals surface area contributed by atoms with Crippen LogP contribution in [-0.4, -0.2) is 35.0 Å². The van der Waals surface area contributed by atoms with Gasteiger partial charge in [0.15, 0.2) is 0 Å². The van der Waals surface area contributed by atoms with E-state index in [9.17, 15) is 0 Å².